The Labute approximate surface area is 143 Å². The smallest absolute Gasteiger partial charge is 0.331 e. The van der Waals surface area contributed by atoms with Crippen LogP contribution in [0.2, 0.25) is 5.02 Å². The lowest BCUT2D eigenvalue weighted by Gasteiger charge is -2.12. The molecule has 2 aromatic carbocycles. The van der Waals surface area contributed by atoms with E-state index >= 15 is 0 Å². The number of rotatable bonds is 5. The van der Waals surface area contributed by atoms with E-state index in [9.17, 15) is 14.0 Å². The molecule has 0 spiro atoms. The first-order valence-corrected chi connectivity index (χ1v) is 7.53. The predicted octanol–water partition coefficient (Wildman–Crippen LogP) is 4.06. The Morgan fingerprint density at radius 3 is 2.50 bits per heavy atom. The van der Waals surface area contributed by atoms with Crippen molar-refractivity contribution in [3.8, 4) is 0 Å². The molecule has 6 heteroatoms. The second kappa shape index (κ2) is 8.26. The van der Waals surface area contributed by atoms with Gasteiger partial charge < -0.3 is 10.1 Å². The third kappa shape index (κ3) is 5.21. The van der Waals surface area contributed by atoms with Crippen molar-refractivity contribution in [2.45, 2.75) is 13.0 Å². The van der Waals surface area contributed by atoms with Crippen molar-refractivity contribution >= 4 is 35.2 Å². The van der Waals surface area contributed by atoms with Gasteiger partial charge in [-0.05, 0) is 43.3 Å². The van der Waals surface area contributed by atoms with Gasteiger partial charge >= 0.3 is 5.97 Å². The Kier molecular flexibility index (Phi) is 6.09. The van der Waals surface area contributed by atoms with Gasteiger partial charge in [-0.2, -0.15) is 0 Å². The van der Waals surface area contributed by atoms with Crippen LogP contribution in [0.1, 0.15) is 12.5 Å². The van der Waals surface area contributed by atoms with Crippen molar-refractivity contribution in [2.75, 3.05) is 5.32 Å². The predicted molar refractivity (Wildman–Crippen MR) is 91.1 cm³/mol. The molecule has 0 radical (unpaired) electrons. The van der Waals surface area contributed by atoms with Crippen LogP contribution in [0.15, 0.2) is 54.6 Å². The second-order valence-electron chi connectivity index (χ2n) is 4.93. The number of amides is 1. The molecule has 1 amide bonds. The van der Waals surface area contributed by atoms with Crippen molar-refractivity contribution in [1.29, 1.82) is 0 Å². The summed E-state index contributed by atoms with van der Waals surface area (Å²) in [5.41, 5.74) is 0.793. The van der Waals surface area contributed by atoms with Gasteiger partial charge in [0.1, 0.15) is 5.82 Å². The molecule has 2 aromatic rings. The van der Waals surface area contributed by atoms with Crippen molar-refractivity contribution in [1.82, 2.24) is 0 Å². The van der Waals surface area contributed by atoms with Gasteiger partial charge in [-0.25, -0.2) is 9.18 Å². The van der Waals surface area contributed by atoms with Crippen LogP contribution < -0.4 is 5.32 Å². The topological polar surface area (TPSA) is 55.4 Å². The van der Waals surface area contributed by atoms with Crippen LogP contribution >= 0.6 is 11.6 Å². The second-order valence-corrected chi connectivity index (χ2v) is 5.37. The number of benzene rings is 2. The number of hydrogen-bond acceptors (Lipinski definition) is 3. The standard InChI is InChI=1S/C18H15ClFNO3/c1-12(18(23)21-15-9-7-14(19)8-10-15)24-17(22)11-6-13-4-2-3-5-16(13)20/h2-12H,1H3,(H,21,23)/b11-6+/t12-/m1/s1. The summed E-state index contributed by atoms with van der Waals surface area (Å²) in [5.74, 6) is -1.67. The van der Waals surface area contributed by atoms with Gasteiger partial charge in [0.15, 0.2) is 6.10 Å². The van der Waals surface area contributed by atoms with E-state index in [1.807, 2.05) is 0 Å². The summed E-state index contributed by atoms with van der Waals surface area (Å²) in [6.45, 7) is 1.44. The molecule has 0 bridgehead atoms. The minimum atomic E-state index is -1.00. The number of hydrogen-bond donors (Lipinski definition) is 1. The highest BCUT2D eigenvalue weighted by molar-refractivity contribution is 6.30. The number of anilines is 1. The fourth-order valence-corrected chi connectivity index (χ4v) is 1.94. The fraction of sp³-hybridized carbons (Fsp3) is 0.111. The van der Waals surface area contributed by atoms with Crippen LogP contribution in [-0.2, 0) is 14.3 Å². The molecule has 2 rings (SSSR count). The molecule has 0 fully saturated rings. The maximum absolute atomic E-state index is 13.4. The first-order valence-electron chi connectivity index (χ1n) is 7.15. The van der Waals surface area contributed by atoms with Crippen LogP contribution in [-0.4, -0.2) is 18.0 Å². The van der Waals surface area contributed by atoms with Gasteiger partial charge in [-0.15, -0.1) is 0 Å². The van der Waals surface area contributed by atoms with Gasteiger partial charge in [0.25, 0.3) is 5.91 Å². The lowest BCUT2D eigenvalue weighted by atomic mass is 10.2. The van der Waals surface area contributed by atoms with Gasteiger partial charge in [0.2, 0.25) is 0 Å². The Balaban J connectivity index is 1.90. The number of halogens is 2. The van der Waals surface area contributed by atoms with E-state index in [2.05, 4.69) is 5.32 Å². The van der Waals surface area contributed by atoms with Crippen LogP contribution in [0.3, 0.4) is 0 Å². The minimum absolute atomic E-state index is 0.257. The minimum Gasteiger partial charge on any atom is -0.449 e. The third-order valence-electron chi connectivity index (χ3n) is 3.08. The van der Waals surface area contributed by atoms with Crippen molar-refractivity contribution in [3.05, 3.63) is 71.0 Å². The molecule has 0 heterocycles. The zero-order valence-corrected chi connectivity index (χ0v) is 13.6. The molecule has 0 aromatic heterocycles. The summed E-state index contributed by atoms with van der Waals surface area (Å²) in [6, 6.07) is 12.5. The fourth-order valence-electron chi connectivity index (χ4n) is 1.81. The van der Waals surface area contributed by atoms with E-state index in [0.29, 0.717) is 10.7 Å². The summed E-state index contributed by atoms with van der Waals surface area (Å²) < 4.78 is 18.4. The molecule has 4 nitrogen and oxygen atoms in total. The lowest BCUT2D eigenvalue weighted by molar-refractivity contribution is -0.148. The highest BCUT2D eigenvalue weighted by Crippen LogP contribution is 2.14. The zero-order valence-electron chi connectivity index (χ0n) is 12.8. The quantitative estimate of drug-likeness (QED) is 0.655. The highest BCUT2D eigenvalue weighted by atomic mass is 35.5. The van der Waals surface area contributed by atoms with Gasteiger partial charge in [-0.3, -0.25) is 4.79 Å². The SMILES string of the molecule is C[C@@H](OC(=O)/C=C/c1ccccc1F)C(=O)Nc1ccc(Cl)cc1. The van der Waals surface area contributed by atoms with E-state index in [-0.39, 0.29) is 5.56 Å². The normalized spacial score (nSPS) is 12.0. The summed E-state index contributed by atoms with van der Waals surface area (Å²) in [5, 5.41) is 3.15. The molecule has 0 unspecified atom stereocenters. The maximum Gasteiger partial charge on any atom is 0.331 e. The molecular formula is C18H15ClFNO3. The number of carbonyl (C=O) groups is 2. The summed E-state index contributed by atoms with van der Waals surface area (Å²) >= 11 is 5.76. The Hall–Kier alpha value is -2.66. The van der Waals surface area contributed by atoms with Crippen LogP contribution in [0.4, 0.5) is 10.1 Å². The van der Waals surface area contributed by atoms with Crippen LogP contribution in [0, 0.1) is 5.82 Å². The molecule has 0 saturated carbocycles. The largest absolute Gasteiger partial charge is 0.449 e. The summed E-state index contributed by atoms with van der Waals surface area (Å²) in [7, 11) is 0. The number of nitrogens with one attached hydrogen (secondary N) is 1. The Morgan fingerprint density at radius 2 is 1.83 bits per heavy atom. The highest BCUT2D eigenvalue weighted by Gasteiger charge is 2.16. The Morgan fingerprint density at radius 1 is 1.17 bits per heavy atom. The van der Waals surface area contributed by atoms with Crippen LogP contribution in [0.5, 0.6) is 0 Å². The van der Waals surface area contributed by atoms with E-state index < -0.39 is 23.8 Å². The molecule has 0 saturated heterocycles. The maximum atomic E-state index is 13.4. The van der Waals surface area contributed by atoms with Crippen molar-refractivity contribution in [2.24, 2.45) is 0 Å². The number of carbonyl (C=O) groups excluding carboxylic acids is 2. The zero-order chi connectivity index (χ0) is 17.5. The van der Waals surface area contributed by atoms with Gasteiger partial charge in [-0.1, -0.05) is 29.8 Å². The molecule has 124 valence electrons. The summed E-state index contributed by atoms with van der Waals surface area (Å²) in [4.78, 5) is 23.7. The Bertz CT molecular complexity index is 759. The van der Waals surface area contributed by atoms with Crippen LogP contribution in [0.25, 0.3) is 6.08 Å². The molecule has 1 N–H and O–H groups in total. The monoisotopic (exact) mass is 347 g/mol. The van der Waals surface area contributed by atoms with Crippen molar-refractivity contribution < 1.29 is 18.7 Å². The summed E-state index contributed by atoms with van der Waals surface area (Å²) in [6.07, 6.45) is 1.37. The first-order chi connectivity index (χ1) is 11.5. The number of esters is 1. The molecule has 0 aliphatic rings. The average Bonchev–Trinajstić information content (AvgIpc) is 2.56. The molecule has 24 heavy (non-hydrogen) atoms. The number of ether oxygens (including phenoxy) is 1. The van der Waals surface area contributed by atoms with E-state index in [1.54, 1.807) is 36.4 Å². The molecular weight excluding hydrogens is 333 g/mol. The van der Waals surface area contributed by atoms with Gasteiger partial charge in [0, 0.05) is 22.3 Å². The molecule has 0 aliphatic carbocycles. The van der Waals surface area contributed by atoms with Gasteiger partial charge in [0.05, 0.1) is 0 Å². The van der Waals surface area contributed by atoms with E-state index in [0.717, 1.165) is 6.08 Å². The average molecular weight is 348 g/mol. The van der Waals surface area contributed by atoms with E-state index in [4.69, 9.17) is 16.3 Å². The lowest BCUT2D eigenvalue weighted by Crippen LogP contribution is -2.29. The van der Waals surface area contributed by atoms with Crippen molar-refractivity contribution in [3.63, 3.8) is 0 Å². The third-order valence-corrected chi connectivity index (χ3v) is 3.33. The first kappa shape index (κ1) is 17.7. The molecule has 1 atom stereocenters. The van der Waals surface area contributed by atoms with E-state index in [1.165, 1.54) is 25.1 Å². The molecule has 0 aliphatic heterocycles.